The number of carbonyl (C=O) groups excluding carboxylic acids is 1. The number of nitrogens with one attached hydrogen (secondary N) is 3. The Labute approximate surface area is 105 Å². The lowest BCUT2D eigenvalue weighted by Crippen LogP contribution is -2.27. The molecule has 18 heavy (non-hydrogen) atoms. The minimum atomic E-state index is -0.143. The lowest BCUT2D eigenvalue weighted by molar-refractivity contribution is 0.0940. The van der Waals surface area contributed by atoms with Crippen molar-refractivity contribution < 1.29 is 4.79 Å². The Balaban J connectivity index is 2.12. The van der Waals surface area contributed by atoms with Crippen molar-refractivity contribution in [2.75, 3.05) is 12.4 Å². The van der Waals surface area contributed by atoms with E-state index in [1.807, 2.05) is 6.92 Å². The van der Waals surface area contributed by atoms with E-state index in [9.17, 15) is 4.79 Å². The molecule has 0 aliphatic heterocycles. The molecule has 0 aliphatic carbocycles. The summed E-state index contributed by atoms with van der Waals surface area (Å²) in [5, 5.41) is 12.4. The van der Waals surface area contributed by atoms with Crippen LogP contribution in [0.4, 0.5) is 5.69 Å². The van der Waals surface area contributed by atoms with Crippen molar-refractivity contribution in [2.45, 2.75) is 13.0 Å². The molecule has 94 valence electrons. The first-order valence-corrected chi connectivity index (χ1v) is 5.63. The molecule has 2 aromatic heterocycles. The fourth-order valence-corrected chi connectivity index (χ4v) is 1.65. The molecule has 0 fully saturated rings. The first-order chi connectivity index (χ1) is 8.72. The number of hydrogen-bond acceptors (Lipinski definition) is 4. The molecule has 0 radical (unpaired) electrons. The van der Waals surface area contributed by atoms with Gasteiger partial charge in [-0.2, -0.15) is 5.10 Å². The Kier molecular flexibility index (Phi) is 3.57. The van der Waals surface area contributed by atoms with E-state index < -0.39 is 0 Å². The van der Waals surface area contributed by atoms with Crippen molar-refractivity contribution >= 4 is 11.6 Å². The van der Waals surface area contributed by atoms with Crippen LogP contribution < -0.4 is 10.6 Å². The lowest BCUT2D eigenvalue weighted by atomic mass is 10.1. The number of aromatic amines is 1. The highest BCUT2D eigenvalue weighted by Gasteiger charge is 2.14. The monoisotopic (exact) mass is 245 g/mol. The largest absolute Gasteiger partial charge is 0.386 e. The van der Waals surface area contributed by atoms with Gasteiger partial charge in [-0.1, -0.05) is 0 Å². The molecule has 1 atom stereocenters. The van der Waals surface area contributed by atoms with Crippen LogP contribution in [0.15, 0.2) is 30.9 Å². The van der Waals surface area contributed by atoms with Gasteiger partial charge >= 0.3 is 0 Å². The highest BCUT2D eigenvalue weighted by Crippen LogP contribution is 2.15. The third-order valence-corrected chi connectivity index (χ3v) is 2.70. The predicted octanol–water partition coefficient (Wildman–Crippen LogP) is 1.34. The second-order valence-electron chi connectivity index (χ2n) is 3.90. The Morgan fingerprint density at radius 1 is 1.44 bits per heavy atom. The maximum absolute atomic E-state index is 12.1. The van der Waals surface area contributed by atoms with Gasteiger partial charge in [0.1, 0.15) is 0 Å². The third kappa shape index (κ3) is 2.48. The van der Waals surface area contributed by atoms with Gasteiger partial charge in [-0.25, -0.2) is 0 Å². The summed E-state index contributed by atoms with van der Waals surface area (Å²) in [5.74, 6) is -0.143. The van der Waals surface area contributed by atoms with E-state index in [2.05, 4.69) is 25.8 Å². The summed E-state index contributed by atoms with van der Waals surface area (Å²) < 4.78 is 0. The summed E-state index contributed by atoms with van der Waals surface area (Å²) in [5.41, 5.74) is 2.21. The molecule has 3 N–H and O–H groups in total. The number of pyridine rings is 1. The molecule has 0 aromatic carbocycles. The zero-order valence-corrected chi connectivity index (χ0v) is 10.3. The van der Waals surface area contributed by atoms with Gasteiger partial charge in [0.15, 0.2) is 0 Å². The first kappa shape index (κ1) is 12.1. The number of aromatic nitrogens is 3. The van der Waals surface area contributed by atoms with Crippen LogP contribution >= 0.6 is 0 Å². The van der Waals surface area contributed by atoms with Gasteiger partial charge in [0.05, 0.1) is 29.7 Å². The average molecular weight is 245 g/mol. The van der Waals surface area contributed by atoms with E-state index in [4.69, 9.17) is 0 Å². The highest BCUT2D eigenvalue weighted by atomic mass is 16.1. The van der Waals surface area contributed by atoms with Crippen molar-refractivity contribution in [3.05, 3.63) is 42.0 Å². The van der Waals surface area contributed by atoms with Crippen LogP contribution in [0, 0.1) is 0 Å². The zero-order chi connectivity index (χ0) is 13.0. The van der Waals surface area contributed by atoms with Crippen LogP contribution in [0.5, 0.6) is 0 Å². The van der Waals surface area contributed by atoms with Gasteiger partial charge in [-0.05, 0) is 13.0 Å². The Bertz CT molecular complexity index is 523. The van der Waals surface area contributed by atoms with E-state index in [0.29, 0.717) is 11.3 Å². The number of nitrogens with zero attached hydrogens (tertiary/aromatic N) is 2. The van der Waals surface area contributed by atoms with Crippen molar-refractivity contribution in [3.8, 4) is 0 Å². The fraction of sp³-hybridized carbons (Fsp3) is 0.250. The minimum Gasteiger partial charge on any atom is -0.386 e. The summed E-state index contributed by atoms with van der Waals surface area (Å²) >= 11 is 0. The molecular weight excluding hydrogens is 230 g/mol. The second kappa shape index (κ2) is 5.31. The van der Waals surface area contributed by atoms with Gasteiger partial charge in [0.2, 0.25) is 0 Å². The molecule has 0 bridgehead atoms. The SMILES string of the molecule is CNc1cnccc1C(=O)NC(C)c1cn[nH]c1. The molecule has 1 amide bonds. The number of rotatable bonds is 4. The molecule has 1 unspecified atom stereocenters. The average Bonchev–Trinajstić information content (AvgIpc) is 2.92. The number of H-pyrrole nitrogens is 1. The molecule has 6 nitrogen and oxygen atoms in total. The number of carbonyl (C=O) groups is 1. The van der Waals surface area contributed by atoms with Crippen LogP contribution in [-0.4, -0.2) is 28.1 Å². The van der Waals surface area contributed by atoms with Gasteiger partial charge in [0.25, 0.3) is 5.91 Å². The minimum absolute atomic E-state index is 0.103. The van der Waals surface area contributed by atoms with Crippen LogP contribution in [0.2, 0.25) is 0 Å². The van der Waals surface area contributed by atoms with Crippen molar-refractivity contribution in [3.63, 3.8) is 0 Å². The standard InChI is InChI=1S/C12H15N5O/c1-8(9-5-15-16-6-9)17-12(18)10-3-4-14-7-11(10)13-2/h3-8,13H,1-2H3,(H,15,16)(H,17,18). The Morgan fingerprint density at radius 3 is 2.94 bits per heavy atom. The lowest BCUT2D eigenvalue weighted by Gasteiger charge is -2.13. The van der Waals surface area contributed by atoms with Gasteiger partial charge in [0, 0.05) is 25.0 Å². The third-order valence-electron chi connectivity index (χ3n) is 2.70. The second-order valence-corrected chi connectivity index (χ2v) is 3.90. The van der Waals surface area contributed by atoms with Crippen LogP contribution in [0.1, 0.15) is 28.9 Å². The van der Waals surface area contributed by atoms with E-state index in [0.717, 1.165) is 5.56 Å². The predicted molar refractivity (Wildman–Crippen MR) is 68.3 cm³/mol. The van der Waals surface area contributed by atoms with Crippen LogP contribution in [0.25, 0.3) is 0 Å². The molecular formula is C12H15N5O. The molecule has 0 aliphatic rings. The van der Waals surface area contributed by atoms with Gasteiger partial charge in [-0.3, -0.25) is 14.9 Å². The molecule has 2 heterocycles. The molecule has 0 saturated carbocycles. The fourth-order valence-electron chi connectivity index (χ4n) is 1.65. The smallest absolute Gasteiger partial charge is 0.253 e. The normalized spacial score (nSPS) is 11.9. The van der Waals surface area contributed by atoms with Crippen LogP contribution in [-0.2, 0) is 0 Å². The quantitative estimate of drug-likeness (QED) is 0.759. The topological polar surface area (TPSA) is 82.7 Å². The molecule has 0 saturated heterocycles. The first-order valence-electron chi connectivity index (χ1n) is 5.63. The van der Waals surface area contributed by atoms with Crippen molar-refractivity contribution in [2.24, 2.45) is 0 Å². The van der Waals surface area contributed by atoms with Crippen molar-refractivity contribution in [1.82, 2.24) is 20.5 Å². The highest BCUT2D eigenvalue weighted by molar-refractivity contribution is 5.99. The Hall–Kier alpha value is -2.37. The maximum atomic E-state index is 12.1. The molecule has 2 rings (SSSR count). The zero-order valence-electron chi connectivity index (χ0n) is 10.3. The molecule has 6 heteroatoms. The van der Waals surface area contributed by atoms with Gasteiger partial charge in [-0.15, -0.1) is 0 Å². The van der Waals surface area contributed by atoms with E-state index >= 15 is 0 Å². The summed E-state index contributed by atoms with van der Waals surface area (Å²) in [4.78, 5) is 16.1. The van der Waals surface area contributed by atoms with Crippen molar-refractivity contribution in [1.29, 1.82) is 0 Å². The molecule has 0 spiro atoms. The van der Waals surface area contributed by atoms with E-state index in [1.165, 1.54) is 0 Å². The summed E-state index contributed by atoms with van der Waals surface area (Å²) in [6.07, 6.45) is 6.67. The van der Waals surface area contributed by atoms with E-state index in [1.54, 1.807) is 37.9 Å². The van der Waals surface area contributed by atoms with E-state index in [-0.39, 0.29) is 11.9 Å². The summed E-state index contributed by atoms with van der Waals surface area (Å²) in [7, 11) is 1.76. The number of amides is 1. The number of hydrogen-bond donors (Lipinski definition) is 3. The summed E-state index contributed by atoms with van der Waals surface area (Å²) in [6.45, 7) is 1.91. The Morgan fingerprint density at radius 2 is 2.28 bits per heavy atom. The molecule has 2 aromatic rings. The number of anilines is 1. The van der Waals surface area contributed by atoms with Gasteiger partial charge < -0.3 is 10.6 Å². The van der Waals surface area contributed by atoms with Crippen LogP contribution in [0.3, 0.4) is 0 Å². The maximum Gasteiger partial charge on any atom is 0.253 e. The summed E-state index contributed by atoms with van der Waals surface area (Å²) in [6, 6.07) is 1.58.